The van der Waals surface area contributed by atoms with Crippen molar-refractivity contribution in [1.29, 1.82) is 0 Å². The lowest BCUT2D eigenvalue weighted by molar-refractivity contribution is -0.133. The normalized spacial score (nSPS) is 24.6. The van der Waals surface area contributed by atoms with Crippen molar-refractivity contribution in [3.63, 3.8) is 0 Å². The van der Waals surface area contributed by atoms with Crippen LogP contribution in [0.3, 0.4) is 0 Å². The largest absolute Gasteiger partial charge is 0.334 e. The Hall–Kier alpha value is -1.99. The highest BCUT2D eigenvalue weighted by Crippen LogP contribution is 2.36. The number of alkyl halides is 1. The van der Waals surface area contributed by atoms with Crippen LogP contribution >= 0.6 is 12.8 Å². The molecule has 1 aliphatic carbocycles. The Bertz CT molecular complexity index is 890. The topological polar surface area (TPSA) is 32.3 Å². The third kappa shape index (κ3) is 3.65. The number of rotatable bonds is 5. The van der Waals surface area contributed by atoms with Crippen molar-refractivity contribution in [2.24, 2.45) is 5.92 Å². The maximum atomic E-state index is 15.2. The summed E-state index contributed by atoms with van der Waals surface area (Å²) in [5, 5.41) is 0. The van der Waals surface area contributed by atoms with Gasteiger partial charge in [-0.1, -0.05) is 43.1 Å². The number of hydrogen-bond donors (Lipinski definition) is 2. The number of halogens is 3. The van der Waals surface area contributed by atoms with Crippen LogP contribution in [0, 0.1) is 17.6 Å². The first-order valence-corrected chi connectivity index (χ1v) is 9.82. The minimum absolute atomic E-state index is 0.0105. The van der Waals surface area contributed by atoms with E-state index in [1.807, 2.05) is 0 Å². The molecule has 1 saturated heterocycles. The molecule has 0 aromatic heterocycles. The third-order valence-corrected chi connectivity index (χ3v) is 5.88. The van der Waals surface area contributed by atoms with Crippen LogP contribution in [-0.2, 0) is 11.2 Å². The maximum absolute atomic E-state index is 15.2. The van der Waals surface area contributed by atoms with Gasteiger partial charge >= 0.3 is 0 Å². The lowest BCUT2D eigenvalue weighted by Crippen LogP contribution is -2.45. The molecule has 3 atom stereocenters. The molecule has 4 rings (SSSR count). The number of benzene rings is 2. The van der Waals surface area contributed by atoms with Crippen LogP contribution in [0.5, 0.6) is 0 Å². The van der Waals surface area contributed by atoms with Gasteiger partial charge < -0.3 is 4.90 Å². The molecule has 1 heterocycles. The molecule has 148 valence electrons. The summed E-state index contributed by atoms with van der Waals surface area (Å²) in [5.41, 5.74) is 1.08. The smallest absolute Gasteiger partial charge is 0.226 e. The second-order valence-corrected chi connectivity index (χ2v) is 7.75. The van der Waals surface area contributed by atoms with Crippen molar-refractivity contribution in [2.75, 3.05) is 6.54 Å². The van der Waals surface area contributed by atoms with Crippen molar-refractivity contribution in [2.45, 2.75) is 37.5 Å². The number of likely N-dealkylation sites (tertiary alicyclic amines) is 1. The average molecular weight is 406 g/mol. The molecule has 3 nitrogen and oxygen atoms in total. The molecule has 3 unspecified atom stereocenters. The average Bonchev–Trinajstić information content (AvgIpc) is 3.47. The van der Waals surface area contributed by atoms with Gasteiger partial charge in [-0.2, -0.15) is 0 Å². The second kappa shape index (κ2) is 7.79. The molecule has 1 N–H and O–H groups in total. The minimum atomic E-state index is -1.26. The number of amides is 1. The first-order chi connectivity index (χ1) is 13.5. The highest BCUT2D eigenvalue weighted by molar-refractivity contribution is 7.78. The zero-order chi connectivity index (χ0) is 19.8. The molecule has 1 amide bonds. The predicted molar refractivity (Wildman–Crippen MR) is 105 cm³/mol. The molecule has 2 fully saturated rings. The standard InChI is InChI=1S/C21H21F3N2OS/c22-15-5-1-3-13(9-15)16-6-2-4-14(19(16)24)10-18-20(25-28)17(23)11-26(18)21(27)12-7-8-12/h1-6,9,12,17-18,20,25,28H,7-8,10-11H2. The third-order valence-electron chi connectivity index (χ3n) is 5.58. The van der Waals surface area contributed by atoms with Gasteiger partial charge in [-0.25, -0.2) is 13.2 Å². The van der Waals surface area contributed by atoms with Gasteiger partial charge in [0.15, 0.2) is 0 Å². The van der Waals surface area contributed by atoms with Crippen LogP contribution in [0.2, 0.25) is 0 Å². The molecule has 28 heavy (non-hydrogen) atoms. The number of carbonyl (C=O) groups excluding carboxylic acids is 1. The lowest BCUT2D eigenvalue weighted by Gasteiger charge is -2.28. The van der Waals surface area contributed by atoms with Crippen LogP contribution < -0.4 is 4.72 Å². The van der Waals surface area contributed by atoms with E-state index in [-0.39, 0.29) is 30.4 Å². The van der Waals surface area contributed by atoms with Crippen molar-refractivity contribution in [3.8, 4) is 11.1 Å². The minimum Gasteiger partial charge on any atom is -0.334 e. The first-order valence-electron chi connectivity index (χ1n) is 9.37. The van der Waals surface area contributed by atoms with Crippen molar-refractivity contribution >= 4 is 18.7 Å². The van der Waals surface area contributed by atoms with Crippen molar-refractivity contribution < 1.29 is 18.0 Å². The highest BCUT2D eigenvalue weighted by atomic mass is 32.1. The van der Waals surface area contributed by atoms with Crippen LogP contribution in [0.25, 0.3) is 11.1 Å². The van der Waals surface area contributed by atoms with Gasteiger partial charge in [0.05, 0.1) is 18.6 Å². The van der Waals surface area contributed by atoms with Gasteiger partial charge in [0.1, 0.15) is 17.8 Å². The summed E-state index contributed by atoms with van der Waals surface area (Å²) in [5.74, 6) is -1.04. The number of hydrogen-bond acceptors (Lipinski definition) is 3. The van der Waals surface area contributed by atoms with E-state index in [2.05, 4.69) is 17.5 Å². The SMILES string of the molecule is O=C(C1CC1)N1CC(F)C(NS)C1Cc1cccc(-c2cccc(F)c2)c1F. The number of nitrogens with one attached hydrogen (secondary N) is 1. The van der Waals surface area contributed by atoms with E-state index >= 15 is 4.39 Å². The van der Waals surface area contributed by atoms with Gasteiger partial charge in [-0.15, -0.1) is 0 Å². The summed E-state index contributed by atoms with van der Waals surface area (Å²) in [6.45, 7) is -0.0105. The Morgan fingerprint density at radius 3 is 2.61 bits per heavy atom. The van der Waals surface area contributed by atoms with E-state index in [0.29, 0.717) is 11.1 Å². The van der Waals surface area contributed by atoms with Gasteiger partial charge in [-0.3, -0.25) is 9.52 Å². The quantitative estimate of drug-likeness (QED) is 0.738. The zero-order valence-electron chi connectivity index (χ0n) is 15.1. The fourth-order valence-electron chi connectivity index (χ4n) is 3.94. The molecule has 0 spiro atoms. The molecular formula is C21H21F3N2OS. The fourth-order valence-corrected chi connectivity index (χ4v) is 4.27. The summed E-state index contributed by atoms with van der Waals surface area (Å²) in [6, 6.07) is 9.43. The molecule has 0 bridgehead atoms. The number of carbonyl (C=O) groups is 1. The molecule has 1 aliphatic heterocycles. The second-order valence-electron chi connectivity index (χ2n) is 7.50. The molecule has 2 aromatic rings. The van der Waals surface area contributed by atoms with Crippen LogP contribution in [-0.4, -0.2) is 35.6 Å². The zero-order valence-corrected chi connectivity index (χ0v) is 16.0. The van der Waals surface area contributed by atoms with E-state index < -0.39 is 29.9 Å². The van der Waals surface area contributed by atoms with Gasteiger partial charge in [0.25, 0.3) is 0 Å². The molecule has 1 saturated carbocycles. The molecule has 2 aliphatic rings. The van der Waals surface area contributed by atoms with E-state index in [9.17, 15) is 13.6 Å². The van der Waals surface area contributed by atoms with Gasteiger partial charge in [0, 0.05) is 11.5 Å². The summed E-state index contributed by atoms with van der Waals surface area (Å²) in [7, 11) is 0. The Balaban J connectivity index is 1.65. The summed E-state index contributed by atoms with van der Waals surface area (Å²) in [6.07, 6.45) is 0.536. The van der Waals surface area contributed by atoms with Crippen molar-refractivity contribution in [3.05, 3.63) is 59.7 Å². The summed E-state index contributed by atoms with van der Waals surface area (Å²) < 4.78 is 45.9. The summed E-state index contributed by atoms with van der Waals surface area (Å²) in [4.78, 5) is 14.1. The monoisotopic (exact) mass is 406 g/mol. The fraction of sp³-hybridized carbons (Fsp3) is 0.381. The van der Waals surface area contributed by atoms with Crippen LogP contribution in [0.4, 0.5) is 13.2 Å². The first kappa shape index (κ1) is 19.3. The number of thiol groups is 1. The Morgan fingerprint density at radius 1 is 1.18 bits per heavy atom. The molecule has 2 aromatic carbocycles. The van der Waals surface area contributed by atoms with Crippen LogP contribution in [0.1, 0.15) is 18.4 Å². The van der Waals surface area contributed by atoms with E-state index in [4.69, 9.17) is 0 Å². The lowest BCUT2D eigenvalue weighted by atomic mass is 9.95. The molecule has 7 heteroatoms. The van der Waals surface area contributed by atoms with E-state index in [1.165, 1.54) is 23.1 Å². The van der Waals surface area contributed by atoms with E-state index in [0.717, 1.165) is 12.8 Å². The maximum Gasteiger partial charge on any atom is 0.226 e. The molecule has 0 radical (unpaired) electrons. The Morgan fingerprint density at radius 2 is 1.93 bits per heavy atom. The predicted octanol–water partition coefficient (Wildman–Crippen LogP) is 3.94. The van der Waals surface area contributed by atoms with Crippen LogP contribution in [0.15, 0.2) is 42.5 Å². The number of nitrogens with zero attached hydrogens (tertiary/aromatic N) is 1. The van der Waals surface area contributed by atoms with Crippen molar-refractivity contribution in [1.82, 2.24) is 9.62 Å². The van der Waals surface area contributed by atoms with Gasteiger partial charge in [-0.05, 0) is 42.5 Å². The summed E-state index contributed by atoms with van der Waals surface area (Å²) >= 11 is 4.03. The molecular weight excluding hydrogens is 385 g/mol. The highest BCUT2D eigenvalue weighted by Gasteiger charge is 2.47. The Labute approximate surface area is 167 Å². The van der Waals surface area contributed by atoms with Gasteiger partial charge in [0.2, 0.25) is 5.91 Å². The Kier molecular flexibility index (Phi) is 5.38. The van der Waals surface area contributed by atoms with E-state index in [1.54, 1.807) is 24.3 Å².